The zero-order valence-corrected chi connectivity index (χ0v) is 22.5. The second kappa shape index (κ2) is 10.5. The van der Waals surface area contributed by atoms with Crippen molar-refractivity contribution in [2.24, 2.45) is 0 Å². The first-order valence-corrected chi connectivity index (χ1v) is 14.5. The van der Waals surface area contributed by atoms with Crippen LogP contribution in [0.3, 0.4) is 0 Å². The standard InChI is InChI=1S/C27H41NO4Si/c1-19(30)21-11-9-10-20(14-21)16-27(5,6)28-17-25(32-33(7,8)26(2,3)4)22-12-13-24(31)23(15-22)18-29/h9-15,25,28-29,31H,16-18H2,1-8H3/t25-/m0/s1. The molecule has 0 aromatic heterocycles. The highest BCUT2D eigenvalue weighted by Gasteiger charge is 2.39. The fourth-order valence-electron chi connectivity index (χ4n) is 3.53. The van der Waals surface area contributed by atoms with Crippen LogP contribution in [-0.2, 0) is 17.5 Å². The Morgan fingerprint density at radius 3 is 2.33 bits per heavy atom. The van der Waals surface area contributed by atoms with Crippen LogP contribution in [0, 0.1) is 0 Å². The van der Waals surface area contributed by atoms with Crippen molar-refractivity contribution >= 4 is 14.1 Å². The molecule has 2 aromatic rings. The first kappa shape index (κ1) is 27.3. The maximum Gasteiger partial charge on any atom is 0.192 e. The number of ketones is 1. The van der Waals surface area contributed by atoms with Gasteiger partial charge in [0.25, 0.3) is 0 Å². The van der Waals surface area contributed by atoms with Gasteiger partial charge in [-0.05, 0) is 74.7 Å². The Labute approximate surface area is 200 Å². The average molecular weight is 472 g/mol. The van der Waals surface area contributed by atoms with E-state index in [1.54, 1.807) is 13.0 Å². The van der Waals surface area contributed by atoms with Crippen LogP contribution in [0.15, 0.2) is 42.5 Å². The van der Waals surface area contributed by atoms with Gasteiger partial charge in [-0.2, -0.15) is 0 Å². The SMILES string of the molecule is CC(=O)c1cccc(CC(C)(C)NC[C@H](O[Si](C)(C)C(C)(C)C)c2ccc(O)c(CO)c2)c1. The molecule has 2 aromatic carbocycles. The smallest absolute Gasteiger partial charge is 0.192 e. The van der Waals surface area contributed by atoms with E-state index < -0.39 is 8.32 Å². The highest BCUT2D eigenvalue weighted by atomic mass is 28.4. The Bertz CT molecular complexity index is 963. The van der Waals surface area contributed by atoms with E-state index in [2.05, 4.69) is 53.0 Å². The lowest BCUT2D eigenvalue weighted by Gasteiger charge is -2.40. The molecule has 6 heteroatoms. The first-order chi connectivity index (χ1) is 15.1. The number of benzene rings is 2. The predicted octanol–water partition coefficient (Wildman–Crippen LogP) is 5.76. The van der Waals surface area contributed by atoms with E-state index in [9.17, 15) is 15.0 Å². The maximum absolute atomic E-state index is 11.8. The predicted molar refractivity (Wildman–Crippen MR) is 137 cm³/mol. The Morgan fingerprint density at radius 1 is 1.09 bits per heavy atom. The van der Waals surface area contributed by atoms with E-state index in [-0.39, 0.29) is 34.8 Å². The maximum atomic E-state index is 11.8. The van der Waals surface area contributed by atoms with Gasteiger partial charge in [0.05, 0.1) is 12.7 Å². The van der Waals surface area contributed by atoms with E-state index in [4.69, 9.17) is 4.43 Å². The molecule has 182 valence electrons. The van der Waals surface area contributed by atoms with Crippen molar-refractivity contribution in [1.82, 2.24) is 5.32 Å². The van der Waals surface area contributed by atoms with Crippen molar-refractivity contribution in [3.8, 4) is 5.75 Å². The van der Waals surface area contributed by atoms with E-state index in [0.717, 1.165) is 23.1 Å². The second-order valence-electron chi connectivity index (χ2n) is 11.1. The molecule has 5 nitrogen and oxygen atoms in total. The Morgan fingerprint density at radius 2 is 1.76 bits per heavy atom. The monoisotopic (exact) mass is 471 g/mol. The summed E-state index contributed by atoms with van der Waals surface area (Å²) in [6, 6.07) is 13.1. The molecule has 1 atom stereocenters. The average Bonchev–Trinajstić information content (AvgIpc) is 2.70. The van der Waals surface area contributed by atoms with Gasteiger partial charge in [-0.1, -0.05) is 45.0 Å². The number of carbonyl (C=O) groups is 1. The summed E-state index contributed by atoms with van der Waals surface area (Å²) in [5.41, 5.74) is 3.03. The zero-order valence-electron chi connectivity index (χ0n) is 21.5. The minimum Gasteiger partial charge on any atom is -0.508 e. The van der Waals surface area contributed by atoms with Crippen LogP contribution in [0.1, 0.15) is 74.7 Å². The Kier molecular flexibility index (Phi) is 8.68. The normalized spacial score (nSPS) is 13.7. The molecule has 0 amide bonds. The molecule has 0 saturated carbocycles. The van der Waals surface area contributed by atoms with Crippen molar-refractivity contribution < 1.29 is 19.4 Å². The molecule has 0 unspecified atom stereocenters. The van der Waals surface area contributed by atoms with Crippen molar-refractivity contribution in [3.05, 3.63) is 64.7 Å². The van der Waals surface area contributed by atoms with Gasteiger partial charge < -0.3 is 20.0 Å². The number of carbonyl (C=O) groups excluding carboxylic acids is 1. The molecule has 0 radical (unpaired) electrons. The van der Waals surface area contributed by atoms with Crippen molar-refractivity contribution in [2.75, 3.05) is 6.54 Å². The molecule has 33 heavy (non-hydrogen) atoms. The molecule has 0 bridgehead atoms. The van der Waals surface area contributed by atoms with E-state index in [0.29, 0.717) is 12.1 Å². The summed E-state index contributed by atoms with van der Waals surface area (Å²) < 4.78 is 6.79. The van der Waals surface area contributed by atoms with Gasteiger partial charge in [-0.15, -0.1) is 0 Å². The molecule has 0 aliphatic rings. The van der Waals surface area contributed by atoms with Crippen molar-refractivity contribution in [2.45, 2.75) is 84.3 Å². The Balaban J connectivity index is 2.26. The largest absolute Gasteiger partial charge is 0.508 e. The zero-order chi connectivity index (χ0) is 25.0. The minimum atomic E-state index is -2.08. The molecular weight excluding hydrogens is 430 g/mol. The molecule has 0 heterocycles. The quantitative estimate of drug-likeness (QED) is 0.303. The fourth-order valence-corrected chi connectivity index (χ4v) is 4.82. The lowest BCUT2D eigenvalue weighted by atomic mass is 9.93. The topological polar surface area (TPSA) is 78.8 Å². The van der Waals surface area contributed by atoms with Gasteiger partial charge in [0.15, 0.2) is 14.1 Å². The summed E-state index contributed by atoms with van der Waals surface area (Å²) in [6.45, 7) is 17.3. The minimum absolute atomic E-state index is 0.0463. The number of nitrogens with one attached hydrogen (secondary N) is 1. The summed E-state index contributed by atoms with van der Waals surface area (Å²) in [4.78, 5) is 11.8. The fraction of sp³-hybridized carbons (Fsp3) is 0.519. The lowest BCUT2D eigenvalue weighted by Crippen LogP contribution is -2.47. The van der Waals surface area contributed by atoms with Crippen LogP contribution in [0.5, 0.6) is 5.75 Å². The highest BCUT2D eigenvalue weighted by Crippen LogP contribution is 2.40. The summed E-state index contributed by atoms with van der Waals surface area (Å²) in [6.07, 6.45) is 0.540. The van der Waals surface area contributed by atoms with E-state index in [1.165, 1.54) is 0 Å². The molecule has 3 N–H and O–H groups in total. The van der Waals surface area contributed by atoms with Gasteiger partial charge in [0.1, 0.15) is 5.75 Å². The number of aliphatic hydroxyl groups is 1. The molecule has 0 saturated heterocycles. The number of Topliss-reactive ketones (excluding diaryl/α,β-unsaturated/α-hetero) is 1. The van der Waals surface area contributed by atoms with Crippen LogP contribution in [0.25, 0.3) is 0 Å². The van der Waals surface area contributed by atoms with Gasteiger partial charge >= 0.3 is 0 Å². The summed E-state index contributed by atoms with van der Waals surface area (Å²) >= 11 is 0. The van der Waals surface area contributed by atoms with E-state index >= 15 is 0 Å². The van der Waals surface area contributed by atoms with Crippen LogP contribution < -0.4 is 5.32 Å². The van der Waals surface area contributed by atoms with Crippen LogP contribution >= 0.6 is 0 Å². The number of aromatic hydroxyl groups is 1. The molecular formula is C27H41NO4Si. The van der Waals surface area contributed by atoms with Crippen LogP contribution in [0.2, 0.25) is 18.1 Å². The third-order valence-corrected chi connectivity index (χ3v) is 11.1. The van der Waals surface area contributed by atoms with Gasteiger partial charge in [0, 0.05) is 23.2 Å². The number of rotatable bonds is 10. The number of hydrogen-bond donors (Lipinski definition) is 3. The second-order valence-corrected chi connectivity index (χ2v) is 15.9. The van der Waals surface area contributed by atoms with Crippen LogP contribution in [-0.4, -0.2) is 36.4 Å². The molecule has 0 aliphatic carbocycles. The first-order valence-electron chi connectivity index (χ1n) is 11.6. The Hall–Kier alpha value is -1.99. The van der Waals surface area contributed by atoms with Crippen molar-refractivity contribution in [1.29, 1.82) is 0 Å². The number of phenols is 1. The molecule has 0 aliphatic heterocycles. The summed E-state index contributed by atoms with van der Waals surface area (Å²) in [5, 5.41) is 23.4. The lowest BCUT2D eigenvalue weighted by molar-refractivity contribution is 0.101. The molecule has 0 spiro atoms. The van der Waals surface area contributed by atoms with Crippen molar-refractivity contribution in [3.63, 3.8) is 0 Å². The third kappa shape index (κ3) is 7.50. The summed E-state index contributed by atoms with van der Waals surface area (Å²) in [7, 11) is -2.08. The van der Waals surface area contributed by atoms with E-state index in [1.807, 2.05) is 36.4 Å². The van der Waals surface area contributed by atoms with Gasteiger partial charge in [-0.3, -0.25) is 4.79 Å². The number of hydrogen-bond acceptors (Lipinski definition) is 5. The van der Waals surface area contributed by atoms with Crippen LogP contribution in [0.4, 0.5) is 0 Å². The highest BCUT2D eigenvalue weighted by molar-refractivity contribution is 6.74. The van der Waals surface area contributed by atoms with Gasteiger partial charge in [-0.25, -0.2) is 0 Å². The molecule has 2 rings (SSSR count). The summed E-state index contributed by atoms with van der Waals surface area (Å²) in [5.74, 6) is 0.156. The number of aliphatic hydroxyl groups excluding tert-OH is 1. The third-order valence-electron chi connectivity index (χ3n) is 6.63. The van der Waals surface area contributed by atoms with Gasteiger partial charge in [0.2, 0.25) is 0 Å². The molecule has 0 fully saturated rings.